The summed E-state index contributed by atoms with van der Waals surface area (Å²) in [6.45, 7) is 8.39. The van der Waals surface area contributed by atoms with Gasteiger partial charge in [-0.1, -0.05) is 44.2 Å². The van der Waals surface area contributed by atoms with Gasteiger partial charge in [-0.15, -0.1) is 0 Å². The largest absolute Gasteiger partial charge is 0.457 e. The third kappa shape index (κ3) is 3.75. The van der Waals surface area contributed by atoms with Gasteiger partial charge in [-0.05, 0) is 43.5 Å². The van der Waals surface area contributed by atoms with E-state index in [-0.39, 0.29) is 11.7 Å². The third-order valence-electron chi connectivity index (χ3n) is 7.38. The number of nitrogens with zero attached hydrogens (tertiary/aromatic N) is 2. The Bertz CT molecular complexity index is 1190. The summed E-state index contributed by atoms with van der Waals surface area (Å²) in [5.74, 6) is 1.84. The fraction of sp³-hybridized carbons (Fsp3) is 0.367. The van der Waals surface area contributed by atoms with Crippen molar-refractivity contribution < 1.29 is 9.53 Å². The van der Waals surface area contributed by atoms with Crippen LogP contribution in [-0.2, 0) is 5.41 Å². The lowest BCUT2D eigenvalue weighted by atomic mass is 9.66. The minimum atomic E-state index is -0.539. The molecule has 4 rings (SSSR count). The zero-order chi connectivity index (χ0) is 24.8. The number of fused-ring (bicyclic) bond motifs is 2. The summed E-state index contributed by atoms with van der Waals surface area (Å²) >= 11 is 0. The molecule has 1 unspecified atom stereocenters. The van der Waals surface area contributed by atoms with Gasteiger partial charge >= 0.3 is 0 Å². The van der Waals surface area contributed by atoms with Crippen molar-refractivity contribution in [2.45, 2.75) is 39.5 Å². The van der Waals surface area contributed by atoms with Gasteiger partial charge in [-0.2, -0.15) is 0 Å². The van der Waals surface area contributed by atoms with E-state index in [4.69, 9.17) is 4.74 Å². The fourth-order valence-electron chi connectivity index (χ4n) is 4.97. The zero-order valence-electron chi connectivity index (χ0n) is 21.7. The molecule has 1 aliphatic heterocycles. The standard InChI is InChI=1S/C30H36N2O2/c1-9-19(2)29(33)28-20(3)11-10-12-25(28)30(4)23-15-13-21(31(5)6)17-26(23)34-27-18-22(32(7)8)14-16-24(27)30/h10-19H,9H2,1-8H3. The van der Waals surface area contributed by atoms with E-state index in [9.17, 15) is 4.79 Å². The number of benzene rings is 3. The Hall–Kier alpha value is -3.27. The molecular formula is C30H36N2O2. The Morgan fingerprint density at radius 2 is 1.41 bits per heavy atom. The second-order valence-corrected chi connectivity index (χ2v) is 10.0. The molecule has 0 N–H and O–H groups in total. The Kier molecular flexibility index (Phi) is 6.20. The topological polar surface area (TPSA) is 32.8 Å². The molecule has 3 aromatic rings. The van der Waals surface area contributed by atoms with Crippen molar-refractivity contribution in [3.05, 3.63) is 82.4 Å². The van der Waals surface area contributed by atoms with Gasteiger partial charge in [0, 0.05) is 74.3 Å². The Balaban J connectivity index is 2.06. The molecule has 0 spiro atoms. The van der Waals surface area contributed by atoms with E-state index in [2.05, 4.69) is 72.2 Å². The summed E-state index contributed by atoms with van der Waals surface area (Å²) in [6.07, 6.45) is 0.817. The van der Waals surface area contributed by atoms with Crippen LogP contribution < -0.4 is 14.5 Å². The molecule has 4 heteroatoms. The summed E-state index contributed by atoms with van der Waals surface area (Å²) in [5.41, 5.74) is 6.67. The lowest BCUT2D eigenvalue weighted by Crippen LogP contribution is -2.32. The molecule has 0 amide bonds. The fourth-order valence-corrected chi connectivity index (χ4v) is 4.97. The normalized spacial score (nSPS) is 14.5. The Morgan fingerprint density at radius 3 is 1.88 bits per heavy atom. The van der Waals surface area contributed by atoms with Crippen LogP contribution in [0.2, 0.25) is 0 Å². The minimum Gasteiger partial charge on any atom is -0.457 e. The number of carbonyl (C=O) groups is 1. The Labute approximate surface area is 204 Å². The van der Waals surface area contributed by atoms with Gasteiger partial charge in [-0.25, -0.2) is 0 Å². The van der Waals surface area contributed by atoms with Crippen molar-refractivity contribution >= 4 is 17.2 Å². The highest BCUT2D eigenvalue weighted by molar-refractivity contribution is 6.01. The predicted molar refractivity (Wildman–Crippen MR) is 142 cm³/mol. The van der Waals surface area contributed by atoms with Gasteiger partial charge in [-0.3, -0.25) is 4.79 Å². The minimum absolute atomic E-state index is 0.0329. The first kappa shape index (κ1) is 23.9. The number of aryl methyl sites for hydroxylation is 1. The van der Waals surface area contributed by atoms with Crippen molar-refractivity contribution in [2.75, 3.05) is 38.0 Å². The first-order valence-corrected chi connectivity index (χ1v) is 12.0. The SMILES string of the molecule is CCC(C)C(=O)c1c(C)cccc1C1(C)c2ccc(N(C)C)cc2Oc2cc(N(C)C)ccc21. The maximum atomic E-state index is 13.7. The summed E-state index contributed by atoms with van der Waals surface area (Å²) in [5, 5.41) is 0. The van der Waals surface area contributed by atoms with E-state index in [0.717, 1.165) is 57.1 Å². The number of carbonyl (C=O) groups excluding carboxylic acids is 1. The van der Waals surface area contributed by atoms with Crippen LogP contribution in [-0.4, -0.2) is 34.0 Å². The lowest BCUT2D eigenvalue weighted by molar-refractivity contribution is 0.0924. The zero-order valence-corrected chi connectivity index (χ0v) is 21.7. The molecule has 1 aliphatic rings. The van der Waals surface area contributed by atoms with Crippen LogP contribution in [0.4, 0.5) is 11.4 Å². The van der Waals surface area contributed by atoms with Crippen molar-refractivity contribution in [1.29, 1.82) is 0 Å². The molecule has 0 bridgehead atoms. The Morgan fingerprint density at radius 1 is 0.882 bits per heavy atom. The van der Waals surface area contributed by atoms with E-state index in [0.29, 0.717) is 0 Å². The maximum absolute atomic E-state index is 13.7. The van der Waals surface area contributed by atoms with Gasteiger partial charge < -0.3 is 14.5 Å². The van der Waals surface area contributed by atoms with Gasteiger partial charge in [0.15, 0.2) is 5.78 Å². The van der Waals surface area contributed by atoms with Crippen LogP contribution in [0.15, 0.2) is 54.6 Å². The molecule has 1 atom stereocenters. The van der Waals surface area contributed by atoms with E-state index in [1.54, 1.807) is 0 Å². The summed E-state index contributed by atoms with van der Waals surface area (Å²) in [6, 6.07) is 19.0. The number of rotatable bonds is 6. The van der Waals surface area contributed by atoms with Crippen LogP contribution >= 0.6 is 0 Å². The summed E-state index contributed by atoms with van der Waals surface area (Å²) in [4.78, 5) is 17.8. The molecule has 3 aromatic carbocycles. The average molecular weight is 457 g/mol. The van der Waals surface area contributed by atoms with Gasteiger partial charge in [0.2, 0.25) is 0 Å². The highest BCUT2D eigenvalue weighted by Gasteiger charge is 2.42. The highest BCUT2D eigenvalue weighted by atomic mass is 16.5. The van der Waals surface area contributed by atoms with Gasteiger partial charge in [0.05, 0.1) is 5.41 Å². The number of ketones is 1. The monoisotopic (exact) mass is 456 g/mol. The first-order chi connectivity index (χ1) is 16.1. The van der Waals surface area contributed by atoms with Crippen molar-refractivity contribution in [1.82, 2.24) is 0 Å². The van der Waals surface area contributed by atoms with Crippen LogP contribution in [0.3, 0.4) is 0 Å². The summed E-state index contributed by atoms with van der Waals surface area (Å²) < 4.78 is 6.54. The third-order valence-corrected chi connectivity index (χ3v) is 7.38. The van der Waals surface area contributed by atoms with Crippen LogP contribution in [0.1, 0.15) is 59.8 Å². The quantitative estimate of drug-likeness (QED) is 0.381. The molecule has 0 radical (unpaired) electrons. The van der Waals surface area contributed by atoms with Gasteiger partial charge in [0.25, 0.3) is 0 Å². The molecule has 0 aliphatic carbocycles. The molecule has 34 heavy (non-hydrogen) atoms. The number of ether oxygens (including phenoxy) is 1. The van der Waals surface area contributed by atoms with E-state index in [1.165, 1.54) is 0 Å². The molecular weight excluding hydrogens is 420 g/mol. The average Bonchev–Trinajstić information content (AvgIpc) is 2.82. The van der Waals surface area contributed by atoms with E-state index in [1.807, 2.05) is 48.1 Å². The number of anilines is 2. The molecule has 0 saturated heterocycles. The smallest absolute Gasteiger partial charge is 0.166 e. The number of Topliss-reactive ketones (excluding diaryl/α,β-unsaturated/α-hetero) is 1. The van der Waals surface area contributed by atoms with E-state index < -0.39 is 5.41 Å². The number of hydrogen-bond donors (Lipinski definition) is 0. The molecule has 178 valence electrons. The van der Waals surface area contributed by atoms with Crippen LogP contribution in [0.25, 0.3) is 0 Å². The van der Waals surface area contributed by atoms with Gasteiger partial charge in [0.1, 0.15) is 11.5 Å². The molecule has 0 aromatic heterocycles. The van der Waals surface area contributed by atoms with Crippen molar-refractivity contribution in [3.8, 4) is 11.5 Å². The van der Waals surface area contributed by atoms with Crippen molar-refractivity contribution in [2.24, 2.45) is 5.92 Å². The highest BCUT2D eigenvalue weighted by Crippen LogP contribution is 2.54. The lowest BCUT2D eigenvalue weighted by Gasteiger charge is -2.40. The maximum Gasteiger partial charge on any atom is 0.166 e. The number of hydrogen-bond acceptors (Lipinski definition) is 4. The van der Waals surface area contributed by atoms with E-state index >= 15 is 0 Å². The second kappa shape index (κ2) is 8.83. The molecule has 0 saturated carbocycles. The molecule has 1 heterocycles. The summed E-state index contributed by atoms with van der Waals surface area (Å²) in [7, 11) is 8.13. The predicted octanol–water partition coefficient (Wildman–Crippen LogP) is 6.82. The molecule has 0 fully saturated rings. The van der Waals surface area contributed by atoms with Crippen LogP contribution in [0, 0.1) is 12.8 Å². The molecule has 4 nitrogen and oxygen atoms in total. The first-order valence-electron chi connectivity index (χ1n) is 12.0. The second-order valence-electron chi connectivity index (χ2n) is 10.0. The van der Waals surface area contributed by atoms with Crippen LogP contribution in [0.5, 0.6) is 11.5 Å². The van der Waals surface area contributed by atoms with Crippen molar-refractivity contribution in [3.63, 3.8) is 0 Å².